The van der Waals surface area contributed by atoms with Crippen LogP contribution in [-0.4, -0.2) is 61.6 Å². The van der Waals surface area contributed by atoms with Gasteiger partial charge in [-0.15, -0.1) is 0 Å². The third-order valence-corrected chi connectivity index (χ3v) is 6.88. The van der Waals surface area contributed by atoms with Crippen LogP contribution >= 0.6 is 0 Å². The van der Waals surface area contributed by atoms with Gasteiger partial charge in [0.2, 0.25) is 0 Å². The number of nitrogens with zero attached hydrogens (tertiary/aromatic N) is 5. The molecule has 2 radical (unpaired) electrons. The maximum absolute atomic E-state index is 15.4. The van der Waals surface area contributed by atoms with E-state index >= 15 is 4.39 Å². The summed E-state index contributed by atoms with van der Waals surface area (Å²) in [7, 11) is 1.74. The first-order valence-electron chi connectivity index (χ1n) is 10.8. The molecule has 37 heavy (non-hydrogen) atoms. The normalized spacial score (nSPS) is 16.3. The predicted octanol–water partition coefficient (Wildman–Crippen LogP) is 4.39. The van der Waals surface area contributed by atoms with Crippen molar-refractivity contribution >= 4 is 44.1 Å². The van der Waals surface area contributed by atoms with Crippen LogP contribution in [0.4, 0.5) is 36.8 Å². The number of halogens is 6. The van der Waals surface area contributed by atoms with Crippen LogP contribution in [0.2, 0.25) is 0 Å². The summed E-state index contributed by atoms with van der Waals surface area (Å²) in [5.74, 6) is -2.72. The van der Waals surface area contributed by atoms with Crippen molar-refractivity contribution in [2.24, 2.45) is 7.05 Å². The Morgan fingerprint density at radius 2 is 1.78 bits per heavy atom. The molecule has 6 nitrogen and oxygen atoms in total. The topological polar surface area (TPSA) is 54.3 Å². The maximum atomic E-state index is 15.4. The molecular weight excluding hydrogens is 563 g/mol. The molecule has 2 amide bonds. The Labute approximate surface area is 215 Å². The van der Waals surface area contributed by atoms with Gasteiger partial charge in [0.05, 0.1) is 0 Å². The fraction of sp³-hybridized carbons (Fsp3) is 0.208. The average molecular weight is 579 g/mol. The Hall–Kier alpha value is -3.53. The van der Waals surface area contributed by atoms with Gasteiger partial charge in [0, 0.05) is 6.07 Å². The first kappa shape index (κ1) is 25.1. The van der Waals surface area contributed by atoms with Gasteiger partial charge in [-0.2, -0.15) is 13.2 Å². The molecule has 2 aromatic carbocycles. The average Bonchev–Trinajstić information content (AvgIpc) is 3.31. The summed E-state index contributed by atoms with van der Waals surface area (Å²) in [5.41, 5.74) is 0.966. The summed E-state index contributed by atoms with van der Waals surface area (Å²) in [6, 6.07) is 3.85. The molecule has 1 aliphatic rings. The van der Waals surface area contributed by atoms with Crippen LogP contribution in [0.1, 0.15) is 11.6 Å². The Morgan fingerprint density at radius 3 is 2.46 bits per heavy atom. The quantitative estimate of drug-likeness (QED) is 0.266. The van der Waals surface area contributed by atoms with Gasteiger partial charge in [0.15, 0.2) is 0 Å². The number of hydrogen-bond donors (Lipinski definition) is 0. The van der Waals surface area contributed by atoms with Crippen LogP contribution in [0, 0.1) is 17.5 Å². The summed E-state index contributed by atoms with van der Waals surface area (Å²) in [6.45, 7) is -2.05. The summed E-state index contributed by atoms with van der Waals surface area (Å²) < 4.78 is 85.4. The number of carbonyl (C=O) groups is 1. The van der Waals surface area contributed by atoms with Gasteiger partial charge in [0.1, 0.15) is 5.82 Å². The number of urea groups is 1. The van der Waals surface area contributed by atoms with Gasteiger partial charge in [-0.05, 0) is 6.07 Å². The number of aromatic nitrogens is 3. The van der Waals surface area contributed by atoms with E-state index in [1.165, 1.54) is 18.5 Å². The number of hydrogen-bond acceptors (Lipinski definition) is 3. The molecule has 0 aliphatic carbocycles. The van der Waals surface area contributed by atoms with Crippen molar-refractivity contribution in [3.8, 4) is 11.1 Å². The van der Waals surface area contributed by atoms with Gasteiger partial charge in [-0.3, -0.25) is 0 Å². The molecule has 3 heterocycles. The molecule has 0 saturated carbocycles. The molecule has 1 fully saturated rings. The molecule has 190 valence electrons. The zero-order valence-electron chi connectivity index (χ0n) is 19.0. The van der Waals surface area contributed by atoms with Crippen LogP contribution in [-0.2, 0) is 7.05 Å². The minimum atomic E-state index is -4.78. The molecule has 0 bridgehead atoms. The number of alkyl halides is 3. The second-order valence-electron chi connectivity index (χ2n) is 8.53. The van der Waals surface area contributed by atoms with E-state index in [9.17, 15) is 26.7 Å². The number of rotatable bonds is 4. The van der Waals surface area contributed by atoms with Crippen molar-refractivity contribution in [3.63, 3.8) is 0 Å². The minimum absolute atomic E-state index is 0.00701. The van der Waals surface area contributed by atoms with Gasteiger partial charge < -0.3 is 0 Å². The molecule has 2 aromatic heterocycles. The van der Waals surface area contributed by atoms with Gasteiger partial charge >= 0.3 is 175 Å². The summed E-state index contributed by atoms with van der Waals surface area (Å²) in [5, 5.41) is 0.608. The fourth-order valence-corrected chi connectivity index (χ4v) is 5.12. The van der Waals surface area contributed by atoms with Crippen LogP contribution in [0.5, 0.6) is 0 Å². The van der Waals surface area contributed by atoms with E-state index in [1.807, 2.05) is 0 Å². The van der Waals surface area contributed by atoms with Gasteiger partial charge in [-0.1, -0.05) is 0 Å². The standard InChI is InChI=1S/C24H16AsF6N5O/c1-34-8-16(20-21(25)32-11-33-22(20)34)14-5-3-13(7-18(14)28)35-9-19(15-4-2-12(26)6-17(15)27)36(23(35)37)10-24(29,30)31/h2-8,11,19H,9-10H2,1H3. The van der Waals surface area contributed by atoms with Crippen LogP contribution in [0.25, 0.3) is 22.2 Å². The summed E-state index contributed by atoms with van der Waals surface area (Å²) in [6.07, 6.45) is -1.72. The Kier molecular flexibility index (Phi) is 6.18. The SMILES string of the molecule is Cn1cc(-c2ccc(N3CC(c4ccc(F)cc4F)N(CC(F)(F)F)C3=O)cc2F)c2c([As])ncnc21. The van der Waals surface area contributed by atoms with E-state index < -0.39 is 48.8 Å². The van der Waals surface area contributed by atoms with Crippen molar-refractivity contribution in [1.82, 2.24) is 19.4 Å². The number of benzene rings is 2. The zero-order valence-corrected chi connectivity index (χ0v) is 20.8. The number of carbonyl (C=O) groups excluding carboxylic acids is 1. The summed E-state index contributed by atoms with van der Waals surface area (Å²) in [4.78, 5) is 22.8. The van der Waals surface area contributed by atoms with Gasteiger partial charge in [0.25, 0.3) is 0 Å². The van der Waals surface area contributed by atoms with Crippen molar-refractivity contribution in [3.05, 3.63) is 71.9 Å². The van der Waals surface area contributed by atoms with E-state index in [2.05, 4.69) is 26.8 Å². The summed E-state index contributed by atoms with van der Waals surface area (Å²) >= 11 is 2.28. The zero-order chi connectivity index (χ0) is 26.6. The van der Waals surface area contributed by atoms with Crippen molar-refractivity contribution < 1.29 is 31.1 Å². The van der Waals surface area contributed by atoms with Crippen LogP contribution in [0.15, 0.2) is 48.9 Å². The predicted molar refractivity (Wildman–Crippen MR) is 124 cm³/mol. The van der Waals surface area contributed by atoms with E-state index in [1.54, 1.807) is 17.8 Å². The molecule has 13 heteroatoms. The van der Waals surface area contributed by atoms with Crippen molar-refractivity contribution in [2.45, 2.75) is 12.2 Å². The molecule has 1 unspecified atom stereocenters. The molecule has 0 spiro atoms. The number of anilines is 1. The monoisotopic (exact) mass is 579 g/mol. The second kappa shape index (κ2) is 9.09. The van der Waals surface area contributed by atoms with Crippen molar-refractivity contribution in [1.29, 1.82) is 0 Å². The first-order chi connectivity index (χ1) is 17.4. The van der Waals surface area contributed by atoms with E-state index in [0.717, 1.165) is 23.1 Å². The Balaban J connectivity index is 1.54. The van der Waals surface area contributed by atoms with Crippen LogP contribution in [0.3, 0.4) is 0 Å². The number of amides is 2. The molecule has 1 saturated heterocycles. The van der Waals surface area contributed by atoms with Gasteiger partial charge in [-0.25, -0.2) is 8.78 Å². The molecule has 5 rings (SSSR count). The van der Waals surface area contributed by atoms with E-state index in [4.69, 9.17) is 0 Å². The second-order valence-corrected chi connectivity index (χ2v) is 9.42. The van der Waals surface area contributed by atoms with E-state index in [0.29, 0.717) is 32.0 Å². The molecule has 1 atom stereocenters. The third kappa shape index (κ3) is 4.54. The fourth-order valence-electron chi connectivity index (χ4n) is 4.55. The molecule has 1 aliphatic heterocycles. The molecule has 4 aromatic rings. The molecule has 0 N–H and O–H groups in total. The molecular formula is C24H16AsF6N5O. The Bertz CT molecular complexity index is 1540. The van der Waals surface area contributed by atoms with Crippen molar-refractivity contribution in [2.75, 3.05) is 18.0 Å². The van der Waals surface area contributed by atoms with Crippen LogP contribution < -0.4 is 9.38 Å². The van der Waals surface area contributed by atoms with E-state index in [-0.39, 0.29) is 16.8 Å². The third-order valence-electron chi connectivity index (χ3n) is 6.17. The number of fused-ring (bicyclic) bond motifs is 1. The number of aryl methyl sites for hydroxylation is 1. The Morgan fingerprint density at radius 1 is 1.03 bits per heavy atom. The first-order valence-corrected chi connectivity index (χ1v) is 11.8.